The van der Waals surface area contributed by atoms with E-state index in [2.05, 4.69) is 22.3 Å². The minimum absolute atomic E-state index is 0.0262. The Bertz CT molecular complexity index is 1160. The molecule has 1 N–H and O–H groups in total. The SMILES string of the molecule is COc1ccc([C@H](CNC(=O)C2CCN(S(=O)(=O)c3ccccc3C#N)CC2)N2CCCC2)cc1. The normalized spacial score (nSPS) is 18.6. The van der Waals surface area contributed by atoms with Crippen LogP contribution in [-0.4, -0.2) is 63.4 Å². The number of nitriles is 1. The number of carbonyl (C=O) groups is 1. The topological polar surface area (TPSA) is 103 Å². The quantitative estimate of drug-likeness (QED) is 0.603. The third kappa shape index (κ3) is 5.67. The van der Waals surface area contributed by atoms with Crippen molar-refractivity contribution in [2.24, 2.45) is 5.92 Å². The maximum Gasteiger partial charge on any atom is 0.244 e. The van der Waals surface area contributed by atoms with E-state index in [1.54, 1.807) is 19.2 Å². The van der Waals surface area contributed by atoms with Crippen LogP contribution in [0.25, 0.3) is 0 Å². The fraction of sp³-hybridized carbons (Fsp3) is 0.462. The minimum Gasteiger partial charge on any atom is -0.497 e. The summed E-state index contributed by atoms with van der Waals surface area (Å²) in [5, 5.41) is 12.4. The Morgan fingerprint density at radius 1 is 1.09 bits per heavy atom. The van der Waals surface area contributed by atoms with E-state index in [1.165, 1.54) is 16.4 Å². The number of carbonyl (C=O) groups excluding carboxylic acids is 1. The molecule has 4 rings (SSSR count). The molecule has 2 fully saturated rings. The molecule has 0 aliphatic carbocycles. The van der Waals surface area contributed by atoms with Crippen LogP contribution in [0.4, 0.5) is 0 Å². The number of likely N-dealkylation sites (tertiary alicyclic amines) is 1. The van der Waals surface area contributed by atoms with Gasteiger partial charge in [0.2, 0.25) is 15.9 Å². The molecule has 1 amide bonds. The zero-order valence-electron chi connectivity index (χ0n) is 20.0. The molecule has 0 radical (unpaired) electrons. The summed E-state index contributed by atoms with van der Waals surface area (Å²) in [5.74, 6) is 0.539. The van der Waals surface area contributed by atoms with E-state index in [9.17, 15) is 18.5 Å². The Morgan fingerprint density at radius 2 is 1.74 bits per heavy atom. The molecule has 186 valence electrons. The molecule has 35 heavy (non-hydrogen) atoms. The van der Waals surface area contributed by atoms with E-state index in [4.69, 9.17) is 4.74 Å². The van der Waals surface area contributed by atoms with Gasteiger partial charge >= 0.3 is 0 Å². The second-order valence-electron chi connectivity index (χ2n) is 9.06. The lowest BCUT2D eigenvalue weighted by atomic mass is 9.97. The third-order valence-corrected chi connectivity index (χ3v) is 8.96. The number of methoxy groups -OCH3 is 1. The molecule has 0 bridgehead atoms. The standard InChI is InChI=1S/C26H32N4O4S/c1-34-23-10-8-20(9-11-23)24(29-14-4-5-15-29)19-28-26(31)21-12-16-30(17-13-21)35(32,33)25-7-3-2-6-22(25)18-27/h2-3,6-11,21,24H,4-5,12-17,19H2,1H3,(H,28,31)/t24-/m0/s1. The van der Waals surface area contributed by atoms with Crippen molar-refractivity contribution >= 4 is 15.9 Å². The summed E-state index contributed by atoms with van der Waals surface area (Å²) in [5.41, 5.74) is 1.28. The number of piperidine rings is 1. The highest BCUT2D eigenvalue weighted by molar-refractivity contribution is 7.89. The molecule has 2 aliphatic heterocycles. The summed E-state index contributed by atoms with van der Waals surface area (Å²) in [4.78, 5) is 15.4. The van der Waals surface area contributed by atoms with E-state index in [-0.39, 0.29) is 41.4 Å². The van der Waals surface area contributed by atoms with Crippen LogP contribution in [0.1, 0.15) is 42.9 Å². The lowest BCUT2D eigenvalue weighted by Gasteiger charge is -2.32. The average Bonchev–Trinajstić information content (AvgIpc) is 3.44. The number of nitrogens with zero attached hydrogens (tertiary/aromatic N) is 3. The summed E-state index contributed by atoms with van der Waals surface area (Å²) in [7, 11) is -2.13. The van der Waals surface area contributed by atoms with Crippen LogP contribution in [0.2, 0.25) is 0 Å². The lowest BCUT2D eigenvalue weighted by Crippen LogP contribution is -2.44. The van der Waals surface area contributed by atoms with Gasteiger partial charge in [-0.15, -0.1) is 0 Å². The van der Waals surface area contributed by atoms with E-state index in [0.29, 0.717) is 19.4 Å². The number of ether oxygens (including phenoxy) is 1. The largest absolute Gasteiger partial charge is 0.497 e. The van der Waals surface area contributed by atoms with Crippen LogP contribution in [-0.2, 0) is 14.8 Å². The third-order valence-electron chi connectivity index (χ3n) is 7.00. The van der Waals surface area contributed by atoms with Crippen molar-refractivity contribution in [2.45, 2.75) is 36.6 Å². The van der Waals surface area contributed by atoms with Gasteiger partial charge in [-0.2, -0.15) is 9.57 Å². The number of amides is 1. The van der Waals surface area contributed by atoms with Gasteiger partial charge in [0.25, 0.3) is 0 Å². The van der Waals surface area contributed by atoms with Crippen molar-refractivity contribution in [3.05, 3.63) is 59.7 Å². The van der Waals surface area contributed by atoms with E-state index < -0.39 is 10.0 Å². The molecule has 2 aliphatic rings. The van der Waals surface area contributed by atoms with Gasteiger partial charge < -0.3 is 10.1 Å². The molecule has 0 spiro atoms. The highest BCUT2D eigenvalue weighted by Crippen LogP contribution is 2.28. The van der Waals surface area contributed by atoms with Crippen molar-refractivity contribution in [3.63, 3.8) is 0 Å². The Hall–Kier alpha value is -2.93. The van der Waals surface area contributed by atoms with Crippen molar-refractivity contribution < 1.29 is 17.9 Å². The predicted octanol–water partition coefficient (Wildman–Crippen LogP) is 2.92. The number of hydrogen-bond donors (Lipinski definition) is 1. The maximum atomic E-state index is 13.1. The number of rotatable bonds is 8. The first-order valence-corrected chi connectivity index (χ1v) is 13.5. The Morgan fingerprint density at radius 3 is 2.37 bits per heavy atom. The summed E-state index contributed by atoms with van der Waals surface area (Å²) in [6, 6.07) is 16.3. The highest BCUT2D eigenvalue weighted by Gasteiger charge is 2.34. The van der Waals surface area contributed by atoms with E-state index in [1.807, 2.05) is 18.2 Å². The first-order chi connectivity index (χ1) is 16.9. The van der Waals surface area contributed by atoms with Gasteiger partial charge in [0, 0.05) is 25.6 Å². The molecule has 9 heteroatoms. The van der Waals surface area contributed by atoms with Gasteiger partial charge in [0.05, 0.1) is 23.6 Å². The number of sulfonamides is 1. The molecule has 8 nitrogen and oxygen atoms in total. The Kier molecular flexibility index (Phi) is 8.06. The molecular weight excluding hydrogens is 464 g/mol. The van der Waals surface area contributed by atoms with Crippen LogP contribution in [0.3, 0.4) is 0 Å². The van der Waals surface area contributed by atoms with E-state index >= 15 is 0 Å². The number of nitrogens with one attached hydrogen (secondary N) is 1. The van der Waals surface area contributed by atoms with Gasteiger partial charge in [-0.25, -0.2) is 8.42 Å². The molecule has 2 aromatic rings. The van der Waals surface area contributed by atoms with Crippen LogP contribution >= 0.6 is 0 Å². The van der Waals surface area contributed by atoms with Gasteiger partial charge in [-0.1, -0.05) is 24.3 Å². The Balaban J connectivity index is 1.36. The van der Waals surface area contributed by atoms with Gasteiger partial charge in [-0.05, 0) is 68.6 Å². The van der Waals surface area contributed by atoms with Crippen LogP contribution in [0, 0.1) is 17.2 Å². The van der Waals surface area contributed by atoms with Crippen LogP contribution in [0.15, 0.2) is 53.4 Å². The fourth-order valence-corrected chi connectivity index (χ4v) is 6.57. The zero-order chi connectivity index (χ0) is 24.8. The van der Waals surface area contributed by atoms with Crippen molar-refractivity contribution in [3.8, 4) is 11.8 Å². The second kappa shape index (κ2) is 11.2. The molecule has 0 unspecified atom stereocenters. The molecular formula is C26H32N4O4S. The van der Waals surface area contributed by atoms with E-state index in [0.717, 1.165) is 37.2 Å². The summed E-state index contributed by atoms with van der Waals surface area (Å²) in [6.45, 7) is 3.04. The highest BCUT2D eigenvalue weighted by atomic mass is 32.2. The van der Waals surface area contributed by atoms with Crippen LogP contribution < -0.4 is 10.1 Å². The molecule has 2 saturated heterocycles. The minimum atomic E-state index is -3.77. The predicted molar refractivity (Wildman–Crippen MR) is 132 cm³/mol. The Labute approximate surface area is 207 Å². The number of benzene rings is 2. The first kappa shape index (κ1) is 25.2. The van der Waals surface area contributed by atoms with Gasteiger partial charge in [-0.3, -0.25) is 9.69 Å². The second-order valence-corrected chi connectivity index (χ2v) is 11.0. The van der Waals surface area contributed by atoms with Crippen molar-refractivity contribution in [1.29, 1.82) is 5.26 Å². The smallest absolute Gasteiger partial charge is 0.244 e. The molecule has 0 saturated carbocycles. The molecule has 1 atom stereocenters. The van der Waals surface area contributed by atoms with Crippen molar-refractivity contribution in [1.82, 2.24) is 14.5 Å². The van der Waals surface area contributed by atoms with Gasteiger partial charge in [0.15, 0.2) is 0 Å². The summed E-state index contributed by atoms with van der Waals surface area (Å²) < 4.78 is 32.8. The monoisotopic (exact) mass is 496 g/mol. The summed E-state index contributed by atoms with van der Waals surface area (Å²) in [6.07, 6.45) is 3.22. The van der Waals surface area contributed by atoms with Gasteiger partial charge in [0.1, 0.15) is 11.8 Å². The molecule has 0 aromatic heterocycles. The molecule has 2 aromatic carbocycles. The first-order valence-electron chi connectivity index (χ1n) is 12.1. The van der Waals surface area contributed by atoms with Crippen LogP contribution in [0.5, 0.6) is 5.75 Å². The summed E-state index contributed by atoms with van der Waals surface area (Å²) >= 11 is 0. The zero-order valence-corrected chi connectivity index (χ0v) is 20.8. The number of hydrogen-bond acceptors (Lipinski definition) is 6. The lowest BCUT2D eigenvalue weighted by molar-refractivity contribution is -0.126. The maximum absolute atomic E-state index is 13.1. The molecule has 2 heterocycles. The fourth-order valence-electron chi connectivity index (χ4n) is 4.96. The van der Waals surface area contributed by atoms with Crippen molar-refractivity contribution in [2.75, 3.05) is 39.8 Å². The average molecular weight is 497 g/mol.